The molecule has 1 aliphatic rings. The number of ether oxygens (including phenoxy) is 4. The summed E-state index contributed by atoms with van der Waals surface area (Å²) in [5, 5.41) is 0. The molecule has 0 unspecified atom stereocenters. The Labute approximate surface area is 258 Å². The molecule has 0 saturated heterocycles. The van der Waals surface area contributed by atoms with Crippen LogP contribution in [-0.4, -0.2) is 39.2 Å². The van der Waals surface area contributed by atoms with Crippen molar-refractivity contribution in [1.29, 1.82) is 0 Å². The fourth-order valence-corrected chi connectivity index (χ4v) is 5.70. The molecule has 9 heteroatoms. The zero-order chi connectivity index (χ0) is 30.8. The molecule has 4 aromatic carbocycles. The van der Waals surface area contributed by atoms with E-state index in [0.29, 0.717) is 6.61 Å². The third-order valence-electron chi connectivity index (χ3n) is 7.11. The SMILES string of the molecule is Cc1ccc(S(=O)(=O)NC(=O)C2=CO[C@H](COCc3ccccc3)[C@@H](OCc3ccccc3)[C@@H]2OCc2ccccc2)cc1. The molecule has 44 heavy (non-hydrogen) atoms. The summed E-state index contributed by atoms with van der Waals surface area (Å²) >= 11 is 0. The lowest BCUT2D eigenvalue weighted by atomic mass is 9.97. The summed E-state index contributed by atoms with van der Waals surface area (Å²) in [6.07, 6.45) is -1.16. The number of aryl methyl sites for hydroxylation is 1. The predicted molar refractivity (Wildman–Crippen MR) is 166 cm³/mol. The van der Waals surface area contributed by atoms with Crippen molar-refractivity contribution in [1.82, 2.24) is 4.72 Å². The number of nitrogens with one attached hydrogen (secondary N) is 1. The van der Waals surface area contributed by atoms with Crippen molar-refractivity contribution in [2.24, 2.45) is 0 Å². The van der Waals surface area contributed by atoms with Crippen LogP contribution in [-0.2, 0) is 53.6 Å². The Morgan fingerprint density at radius 1 is 0.727 bits per heavy atom. The molecular weight excluding hydrogens is 578 g/mol. The number of rotatable bonds is 13. The van der Waals surface area contributed by atoms with Gasteiger partial charge in [-0.05, 0) is 35.7 Å². The van der Waals surface area contributed by atoms with Gasteiger partial charge < -0.3 is 18.9 Å². The van der Waals surface area contributed by atoms with Gasteiger partial charge in [-0.3, -0.25) is 4.79 Å². The zero-order valence-electron chi connectivity index (χ0n) is 24.4. The molecule has 3 atom stereocenters. The second kappa shape index (κ2) is 14.9. The number of hydrogen-bond acceptors (Lipinski definition) is 7. The number of carbonyl (C=O) groups is 1. The molecule has 228 valence electrons. The Kier molecular flexibility index (Phi) is 10.6. The lowest BCUT2D eigenvalue weighted by molar-refractivity contribution is -0.156. The molecule has 0 fully saturated rings. The molecule has 0 saturated carbocycles. The summed E-state index contributed by atoms with van der Waals surface area (Å²) in [5.74, 6) is -0.861. The molecule has 0 radical (unpaired) electrons. The number of sulfonamides is 1. The van der Waals surface area contributed by atoms with Gasteiger partial charge in [-0.1, -0.05) is 109 Å². The maximum atomic E-state index is 13.6. The molecule has 1 amide bonds. The highest BCUT2D eigenvalue weighted by Crippen LogP contribution is 2.28. The Morgan fingerprint density at radius 2 is 1.25 bits per heavy atom. The van der Waals surface area contributed by atoms with Crippen LogP contribution in [0.2, 0.25) is 0 Å². The van der Waals surface area contributed by atoms with Crippen LogP contribution in [0.15, 0.2) is 132 Å². The summed E-state index contributed by atoms with van der Waals surface area (Å²) < 4.78 is 53.2. The normalized spacial score (nSPS) is 18.2. The van der Waals surface area contributed by atoms with Crippen LogP contribution in [0, 0.1) is 6.92 Å². The molecule has 4 aromatic rings. The number of benzene rings is 4. The minimum atomic E-state index is -4.16. The Bertz CT molecular complexity index is 1630. The van der Waals surface area contributed by atoms with Gasteiger partial charge in [0.1, 0.15) is 18.3 Å². The molecular formula is C35H35NO7S. The monoisotopic (exact) mass is 613 g/mol. The van der Waals surface area contributed by atoms with E-state index >= 15 is 0 Å². The van der Waals surface area contributed by atoms with Gasteiger partial charge in [0.05, 0.1) is 43.2 Å². The van der Waals surface area contributed by atoms with Crippen molar-refractivity contribution >= 4 is 15.9 Å². The van der Waals surface area contributed by atoms with Gasteiger partial charge in [0.25, 0.3) is 15.9 Å². The van der Waals surface area contributed by atoms with Gasteiger partial charge in [0.15, 0.2) is 0 Å². The van der Waals surface area contributed by atoms with E-state index in [4.69, 9.17) is 18.9 Å². The average Bonchev–Trinajstić information content (AvgIpc) is 3.04. The number of carbonyl (C=O) groups excluding carboxylic acids is 1. The summed E-state index contributed by atoms with van der Waals surface area (Å²) in [5.41, 5.74) is 3.69. The van der Waals surface area contributed by atoms with E-state index < -0.39 is 34.2 Å². The van der Waals surface area contributed by atoms with E-state index in [1.165, 1.54) is 18.4 Å². The molecule has 1 aliphatic heterocycles. The summed E-state index contributed by atoms with van der Waals surface area (Å²) in [6.45, 7) is 2.72. The topological polar surface area (TPSA) is 100 Å². The van der Waals surface area contributed by atoms with Crippen LogP contribution in [0.1, 0.15) is 22.3 Å². The first-order chi connectivity index (χ1) is 21.4. The summed E-state index contributed by atoms with van der Waals surface area (Å²) in [6, 6.07) is 35.1. The Hall–Kier alpha value is -4.28. The molecule has 0 bridgehead atoms. The predicted octanol–water partition coefficient (Wildman–Crippen LogP) is 5.47. The van der Waals surface area contributed by atoms with Crippen LogP contribution in [0.3, 0.4) is 0 Å². The van der Waals surface area contributed by atoms with E-state index in [1.807, 2.05) is 97.9 Å². The summed E-state index contributed by atoms with van der Waals surface area (Å²) in [4.78, 5) is 13.6. The highest BCUT2D eigenvalue weighted by Gasteiger charge is 2.42. The van der Waals surface area contributed by atoms with Crippen molar-refractivity contribution in [2.75, 3.05) is 6.61 Å². The summed E-state index contributed by atoms with van der Waals surface area (Å²) in [7, 11) is -4.16. The van der Waals surface area contributed by atoms with Gasteiger partial charge in [0.2, 0.25) is 0 Å². The van der Waals surface area contributed by atoms with E-state index in [9.17, 15) is 13.2 Å². The first-order valence-corrected chi connectivity index (χ1v) is 15.8. The maximum absolute atomic E-state index is 13.6. The third-order valence-corrected chi connectivity index (χ3v) is 8.46. The molecule has 1 N–H and O–H groups in total. The minimum Gasteiger partial charge on any atom is -0.492 e. The average molecular weight is 614 g/mol. The van der Waals surface area contributed by atoms with Crippen molar-refractivity contribution in [2.45, 2.75) is 50.0 Å². The van der Waals surface area contributed by atoms with Gasteiger partial charge in [-0.2, -0.15) is 0 Å². The quantitative estimate of drug-likeness (QED) is 0.214. The lowest BCUT2D eigenvalue weighted by Gasteiger charge is -2.37. The van der Waals surface area contributed by atoms with Gasteiger partial charge in [0, 0.05) is 0 Å². The van der Waals surface area contributed by atoms with Crippen molar-refractivity contribution in [3.05, 3.63) is 149 Å². The second-order valence-corrected chi connectivity index (χ2v) is 12.2. The zero-order valence-corrected chi connectivity index (χ0v) is 25.2. The molecule has 1 heterocycles. The van der Waals surface area contributed by atoms with Crippen molar-refractivity contribution in [3.8, 4) is 0 Å². The third kappa shape index (κ3) is 8.42. The van der Waals surface area contributed by atoms with Crippen molar-refractivity contribution < 1.29 is 32.2 Å². The van der Waals surface area contributed by atoms with Gasteiger partial charge in [-0.25, -0.2) is 13.1 Å². The molecule has 0 aliphatic carbocycles. The van der Waals surface area contributed by atoms with E-state index in [1.54, 1.807) is 12.1 Å². The van der Waals surface area contributed by atoms with E-state index in [0.717, 1.165) is 22.3 Å². The molecule has 5 rings (SSSR count). The fraction of sp³-hybridized carbons (Fsp3) is 0.229. The second-order valence-electron chi connectivity index (χ2n) is 10.5. The van der Waals surface area contributed by atoms with Crippen LogP contribution >= 0.6 is 0 Å². The maximum Gasteiger partial charge on any atom is 0.266 e. The smallest absolute Gasteiger partial charge is 0.266 e. The lowest BCUT2D eigenvalue weighted by Crippen LogP contribution is -2.51. The standard InChI is InChI=1S/C35H35NO7S/c1-26-17-19-30(20-18-26)44(38,39)36-35(37)31-24-41-32(25-40-21-27-11-5-2-6-12-27)34(43-23-29-15-9-4-10-16-29)33(31)42-22-28-13-7-3-8-14-28/h2-20,24,32-34H,21-23,25H2,1H3,(H,36,37)/t32-,33-,34-/m1/s1. The van der Waals surface area contributed by atoms with Crippen LogP contribution in [0.4, 0.5) is 0 Å². The number of amides is 1. The fourth-order valence-electron chi connectivity index (χ4n) is 4.72. The molecule has 0 aromatic heterocycles. The van der Waals surface area contributed by atoms with Crippen LogP contribution in [0.5, 0.6) is 0 Å². The van der Waals surface area contributed by atoms with E-state index in [2.05, 4.69) is 4.72 Å². The van der Waals surface area contributed by atoms with Crippen LogP contribution in [0.25, 0.3) is 0 Å². The molecule has 0 spiro atoms. The minimum absolute atomic E-state index is 0.00557. The Morgan fingerprint density at radius 3 is 1.82 bits per heavy atom. The first kappa shape index (κ1) is 31.2. The highest BCUT2D eigenvalue weighted by molar-refractivity contribution is 7.90. The van der Waals surface area contributed by atoms with Gasteiger partial charge >= 0.3 is 0 Å². The van der Waals surface area contributed by atoms with Crippen LogP contribution < -0.4 is 4.72 Å². The van der Waals surface area contributed by atoms with Crippen molar-refractivity contribution in [3.63, 3.8) is 0 Å². The molecule has 8 nitrogen and oxygen atoms in total. The van der Waals surface area contributed by atoms with Gasteiger partial charge in [-0.15, -0.1) is 0 Å². The first-order valence-electron chi connectivity index (χ1n) is 14.3. The van der Waals surface area contributed by atoms with E-state index in [-0.39, 0.29) is 30.3 Å². The number of hydrogen-bond donors (Lipinski definition) is 1. The highest BCUT2D eigenvalue weighted by atomic mass is 32.2. The Balaban J connectivity index is 1.41. The largest absolute Gasteiger partial charge is 0.492 e.